The quantitative estimate of drug-likeness (QED) is 0.789. The van der Waals surface area contributed by atoms with E-state index < -0.39 is 18.5 Å². The van der Waals surface area contributed by atoms with Gasteiger partial charge in [-0.1, -0.05) is 30.3 Å². The molecule has 1 aromatic carbocycles. The average Bonchev–Trinajstić information content (AvgIpc) is 2.59. The minimum Gasteiger partial charge on any atom is -0.390 e. The molecule has 0 aliphatic carbocycles. The minimum atomic E-state index is -0.861. The molecule has 0 bridgehead atoms. The summed E-state index contributed by atoms with van der Waals surface area (Å²) in [7, 11) is 0. The zero-order valence-electron chi connectivity index (χ0n) is 8.95. The van der Waals surface area contributed by atoms with Crippen molar-refractivity contribution in [3.63, 3.8) is 0 Å². The van der Waals surface area contributed by atoms with Crippen LogP contribution >= 0.6 is 0 Å². The van der Waals surface area contributed by atoms with Crippen LogP contribution in [0.5, 0.6) is 0 Å². The van der Waals surface area contributed by atoms with E-state index in [1.54, 1.807) is 0 Å². The van der Waals surface area contributed by atoms with E-state index in [1.165, 1.54) is 0 Å². The van der Waals surface area contributed by atoms with Crippen LogP contribution in [0.25, 0.3) is 0 Å². The molecule has 88 valence electrons. The molecule has 2 N–H and O–H groups in total. The van der Waals surface area contributed by atoms with E-state index >= 15 is 0 Å². The molecule has 1 aliphatic rings. The molecule has 0 amide bonds. The van der Waals surface area contributed by atoms with Gasteiger partial charge in [-0.05, 0) is 5.56 Å². The zero-order chi connectivity index (χ0) is 11.4. The van der Waals surface area contributed by atoms with E-state index in [0.29, 0.717) is 13.2 Å². The molecule has 0 spiro atoms. The summed E-state index contributed by atoms with van der Waals surface area (Å²) in [6, 6.07) is 9.79. The summed E-state index contributed by atoms with van der Waals surface area (Å²) in [6.07, 6.45) is -1.65. The highest BCUT2D eigenvalue weighted by atomic mass is 16.6. The molecule has 1 saturated heterocycles. The van der Waals surface area contributed by atoms with Crippen molar-refractivity contribution < 1.29 is 19.7 Å². The molecule has 1 aliphatic heterocycles. The fourth-order valence-electron chi connectivity index (χ4n) is 1.72. The number of aliphatic hydroxyl groups excluding tert-OH is 2. The SMILES string of the molecule is O[C@@H]1C[C@H](O)O[C@H]1COCc1ccccc1. The lowest BCUT2D eigenvalue weighted by Gasteiger charge is -2.13. The Labute approximate surface area is 94.4 Å². The van der Waals surface area contributed by atoms with Gasteiger partial charge in [-0.3, -0.25) is 0 Å². The Kier molecular flexibility index (Phi) is 3.90. The largest absolute Gasteiger partial charge is 0.390 e. The second-order valence-corrected chi connectivity index (χ2v) is 3.93. The molecule has 4 heteroatoms. The van der Waals surface area contributed by atoms with Crippen molar-refractivity contribution >= 4 is 0 Å². The van der Waals surface area contributed by atoms with E-state index in [9.17, 15) is 5.11 Å². The highest BCUT2D eigenvalue weighted by molar-refractivity contribution is 5.13. The molecule has 2 rings (SSSR count). The number of hydrogen-bond donors (Lipinski definition) is 2. The number of rotatable bonds is 4. The van der Waals surface area contributed by atoms with Crippen LogP contribution in [-0.2, 0) is 16.1 Å². The van der Waals surface area contributed by atoms with Gasteiger partial charge in [-0.15, -0.1) is 0 Å². The lowest BCUT2D eigenvalue weighted by atomic mass is 10.2. The first-order chi connectivity index (χ1) is 7.75. The third-order valence-corrected chi connectivity index (χ3v) is 2.60. The predicted octanol–water partition coefficient (Wildman–Crippen LogP) is 0.671. The monoisotopic (exact) mass is 224 g/mol. The zero-order valence-corrected chi connectivity index (χ0v) is 8.95. The molecule has 1 heterocycles. The van der Waals surface area contributed by atoms with Gasteiger partial charge in [0, 0.05) is 6.42 Å². The van der Waals surface area contributed by atoms with Crippen LogP contribution in [0.4, 0.5) is 0 Å². The molecule has 0 saturated carbocycles. The third kappa shape index (κ3) is 3.02. The van der Waals surface area contributed by atoms with Gasteiger partial charge in [-0.2, -0.15) is 0 Å². The topological polar surface area (TPSA) is 58.9 Å². The van der Waals surface area contributed by atoms with Gasteiger partial charge in [0.15, 0.2) is 6.29 Å². The number of aliphatic hydroxyl groups is 2. The predicted molar refractivity (Wildman–Crippen MR) is 57.6 cm³/mol. The van der Waals surface area contributed by atoms with Crippen LogP contribution in [-0.4, -0.2) is 35.3 Å². The average molecular weight is 224 g/mol. The van der Waals surface area contributed by atoms with Crippen molar-refractivity contribution in [1.29, 1.82) is 0 Å². The van der Waals surface area contributed by atoms with Gasteiger partial charge in [0.1, 0.15) is 6.10 Å². The van der Waals surface area contributed by atoms with Crippen molar-refractivity contribution in [3.8, 4) is 0 Å². The van der Waals surface area contributed by atoms with Gasteiger partial charge in [0.25, 0.3) is 0 Å². The highest BCUT2D eigenvalue weighted by Crippen LogP contribution is 2.19. The number of benzene rings is 1. The van der Waals surface area contributed by atoms with Gasteiger partial charge < -0.3 is 19.7 Å². The van der Waals surface area contributed by atoms with Crippen LogP contribution in [0.2, 0.25) is 0 Å². The second-order valence-electron chi connectivity index (χ2n) is 3.93. The van der Waals surface area contributed by atoms with E-state index in [1.807, 2.05) is 30.3 Å². The minimum absolute atomic E-state index is 0.263. The molecule has 16 heavy (non-hydrogen) atoms. The van der Waals surface area contributed by atoms with Gasteiger partial charge in [0.05, 0.1) is 19.3 Å². The number of hydrogen-bond acceptors (Lipinski definition) is 4. The summed E-state index contributed by atoms with van der Waals surface area (Å²) in [5, 5.41) is 18.6. The first-order valence-corrected chi connectivity index (χ1v) is 5.39. The lowest BCUT2D eigenvalue weighted by Crippen LogP contribution is -2.26. The highest BCUT2D eigenvalue weighted by Gasteiger charge is 2.32. The Hall–Kier alpha value is -0.940. The van der Waals surface area contributed by atoms with Gasteiger partial charge in [0.2, 0.25) is 0 Å². The normalized spacial score (nSPS) is 29.5. The molecule has 3 atom stereocenters. The first-order valence-electron chi connectivity index (χ1n) is 5.39. The molecule has 1 fully saturated rings. The molecular weight excluding hydrogens is 208 g/mol. The van der Waals surface area contributed by atoms with E-state index in [2.05, 4.69) is 0 Å². The van der Waals surface area contributed by atoms with E-state index in [-0.39, 0.29) is 6.42 Å². The smallest absolute Gasteiger partial charge is 0.157 e. The third-order valence-electron chi connectivity index (χ3n) is 2.60. The lowest BCUT2D eigenvalue weighted by molar-refractivity contribution is -0.117. The summed E-state index contributed by atoms with van der Waals surface area (Å²) >= 11 is 0. The fourth-order valence-corrected chi connectivity index (χ4v) is 1.72. The molecule has 0 aromatic heterocycles. The molecule has 0 radical (unpaired) electrons. The van der Waals surface area contributed by atoms with Crippen molar-refractivity contribution in [1.82, 2.24) is 0 Å². The summed E-state index contributed by atoms with van der Waals surface area (Å²) < 4.78 is 10.5. The maximum absolute atomic E-state index is 9.49. The molecule has 4 nitrogen and oxygen atoms in total. The van der Waals surface area contributed by atoms with Crippen LogP contribution in [0.3, 0.4) is 0 Å². The molecule has 1 aromatic rings. The van der Waals surface area contributed by atoms with Gasteiger partial charge in [-0.25, -0.2) is 0 Å². The Morgan fingerprint density at radius 1 is 1.25 bits per heavy atom. The summed E-state index contributed by atoms with van der Waals surface area (Å²) in [5.74, 6) is 0. The standard InChI is InChI=1S/C12H16O4/c13-10-6-12(14)16-11(10)8-15-7-9-4-2-1-3-5-9/h1-5,10-14H,6-8H2/t10-,11+,12-/m1/s1. The Morgan fingerprint density at radius 3 is 2.62 bits per heavy atom. The second kappa shape index (κ2) is 5.41. The first kappa shape index (κ1) is 11.5. The summed E-state index contributed by atoms with van der Waals surface area (Å²) in [6.45, 7) is 0.788. The number of ether oxygens (including phenoxy) is 2. The van der Waals surface area contributed by atoms with Crippen molar-refractivity contribution in [2.45, 2.75) is 31.5 Å². The van der Waals surface area contributed by atoms with Crippen LogP contribution in [0, 0.1) is 0 Å². The molecular formula is C12H16O4. The summed E-state index contributed by atoms with van der Waals surface area (Å²) in [4.78, 5) is 0. The van der Waals surface area contributed by atoms with Crippen LogP contribution in [0.1, 0.15) is 12.0 Å². The maximum Gasteiger partial charge on any atom is 0.157 e. The summed E-state index contributed by atoms with van der Waals surface area (Å²) in [5.41, 5.74) is 1.08. The Morgan fingerprint density at radius 2 is 2.00 bits per heavy atom. The van der Waals surface area contributed by atoms with Crippen LogP contribution < -0.4 is 0 Å². The van der Waals surface area contributed by atoms with Crippen molar-refractivity contribution in [2.75, 3.05) is 6.61 Å². The molecule has 0 unspecified atom stereocenters. The fraction of sp³-hybridized carbons (Fsp3) is 0.500. The maximum atomic E-state index is 9.49. The van der Waals surface area contributed by atoms with E-state index in [4.69, 9.17) is 14.6 Å². The Balaban J connectivity index is 1.72. The van der Waals surface area contributed by atoms with Gasteiger partial charge >= 0.3 is 0 Å². The Bertz CT molecular complexity index is 314. The van der Waals surface area contributed by atoms with Crippen molar-refractivity contribution in [3.05, 3.63) is 35.9 Å². The van der Waals surface area contributed by atoms with Crippen LogP contribution in [0.15, 0.2) is 30.3 Å². The van der Waals surface area contributed by atoms with E-state index in [0.717, 1.165) is 5.56 Å². The van der Waals surface area contributed by atoms with Crippen molar-refractivity contribution in [2.24, 2.45) is 0 Å².